The lowest BCUT2D eigenvalue weighted by Crippen LogP contribution is -2.08. The molecule has 0 radical (unpaired) electrons. The molecule has 4 rings (SSSR count). The number of benzene rings is 3. The summed E-state index contributed by atoms with van der Waals surface area (Å²) in [7, 11) is 1.53. The molecule has 150 valence electrons. The highest BCUT2D eigenvalue weighted by atomic mass is 16.5. The van der Waals surface area contributed by atoms with Crippen LogP contribution in [0.5, 0.6) is 17.2 Å². The molecule has 0 aromatic heterocycles. The molecule has 0 aliphatic carbocycles. The molecule has 0 saturated carbocycles. The van der Waals surface area contributed by atoms with E-state index in [1.807, 2.05) is 24.3 Å². The third-order valence-corrected chi connectivity index (χ3v) is 4.84. The first kappa shape index (κ1) is 19.5. The van der Waals surface area contributed by atoms with Crippen molar-refractivity contribution in [2.24, 2.45) is 0 Å². The number of allylic oxidation sites excluding steroid dienone is 1. The number of rotatable bonds is 5. The third-order valence-electron chi connectivity index (χ3n) is 4.84. The third kappa shape index (κ3) is 3.96. The Hall–Kier alpha value is -3.86. The highest BCUT2D eigenvalue weighted by Crippen LogP contribution is 2.35. The van der Waals surface area contributed by atoms with Crippen LogP contribution < -0.4 is 14.2 Å². The molecule has 0 atom stereocenters. The average Bonchev–Trinajstić information content (AvgIpc) is 3.08. The monoisotopic (exact) mass is 400 g/mol. The Kier molecular flexibility index (Phi) is 5.35. The average molecular weight is 400 g/mol. The number of ether oxygens (including phenoxy) is 3. The molecule has 30 heavy (non-hydrogen) atoms. The molecule has 0 spiro atoms. The summed E-state index contributed by atoms with van der Waals surface area (Å²) < 4.78 is 16.3. The van der Waals surface area contributed by atoms with Crippen LogP contribution in [0.4, 0.5) is 0 Å². The summed E-state index contributed by atoms with van der Waals surface area (Å²) in [6.07, 6.45) is 2.67. The molecule has 5 nitrogen and oxygen atoms in total. The van der Waals surface area contributed by atoms with Crippen LogP contribution in [0, 0.1) is 0 Å². The summed E-state index contributed by atoms with van der Waals surface area (Å²) in [6, 6.07) is 19.4. The van der Waals surface area contributed by atoms with Crippen LogP contribution in [-0.4, -0.2) is 18.9 Å². The molecule has 0 fully saturated rings. The molecule has 3 aromatic rings. The van der Waals surface area contributed by atoms with Crippen LogP contribution in [0.25, 0.3) is 6.08 Å². The summed E-state index contributed by atoms with van der Waals surface area (Å²) in [5, 5.41) is 0. The summed E-state index contributed by atoms with van der Waals surface area (Å²) in [5.74, 6) is 0.745. The Morgan fingerprint density at radius 2 is 1.80 bits per heavy atom. The molecular formula is C25H20O5. The molecule has 3 aromatic carbocycles. The fraction of sp³-hybridized carbons (Fsp3) is 0.120. The number of hydrogen-bond acceptors (Lipinski definition) is 5. The van der Waals surface area contributed by atoms with E-state index in [4.69, 9.17) is 14.2 Å². The Labute approximate surface area is 174 Å². The molecule has 0 amide bonds. The van der Waals surface area contributed by atoms with Crippen LogP contribution >= 0.6 is 0 Å². The maximum absolute atomic E-state index is 12.6. The van der Waals surface area contributed by atoms with E-state index in [0.717, 1.165) is 12.0 Å². The zero-order valence-corrected chi connectivity index (χ0v) is 16.7. The lowest BCUT2D eigenvalue weighted by atomic mass is 10.1. The number of ketones is 1. The van der Waals surface area contributed by atoms with Crippen molar-refractivity contribution in [2.45, 2.75) is 13.3 Å². The largest absolute Gasteiger partial charge is 0.497 e. The maximum Gasteiger partial charge on any atom is 0.343 e. The van der Waals surface area contributed by atoms with Crippen molar-refractivity contribution >= 4 is 17.8 Å². The minimum atomic E-state index is -0.523. The molecule has 1 heterocycles. The fourth-order valence-electron chi connectivity index (χ4n) is 3.15. The number of hydrogen-bond donors (Lipinski definition) is 0. The van der Waals surface area contributed by atoms with Crippen LogP contribution in [-0.2, 0) is 6.42 Å². The predicted molar refractivity (Wildman–Crippen MR) is 113 cm³/mol. The van der Waals surface area contributed by atoms with Gasteiger partial charge in [-0.1, -0.05) is 37.3 Å². The van der Waals surface area contributed by atoms with E-state index in [1.54, 1.807) is 48.5 Å². The number of esters is 1. The lowest BCUT2D eigenvalue weighted by Gasteiger charge is -2.07. The zero-order chi connectivity index (χ0) is 21.1. The molecule has 0 bridgehead atoms. The van der Waals surface area contributed by atoms with Gasteiger partial charge in [-0.2, -0.15) is 0 Å². The highest BCUT2D eigenvalue weighted by molar-refractivity contribution is 6.14. The first-order valence-electron chi connectivity index (χ1n) is 9.61. The molecular weight excluding hydrogens is 380 g/mol. The number of methoxy groups -OCH3 is 1. The predicted octanol–water partition coefficient (Wildman–Crippen LogP) is 5.09. The van der Waals surface area contributed by atoms with Gasteiger partial charge >= 0.3 is 5.97 Å². The van der Waals surface area contributed by atoms with E-state index in [-0.39, 0.29) is 11.5 Å². The standard InChI is InChI=1S/C25H20O5/c1-3-16-7-9-17(10-8-16)13-23-24(26)21-12-11-20(15-22(21)30-23)29-25(27)18-5-4-6-19(14-18)28-2/h4-15H,3H2,1-2H3. The summed E-state index contributed by atoms with van der Waals surface area (Å²) in [6.45, 7) is 2.09. The number of carbonyl (C=O) groups excluding carboxylic acids is 2. The quantitative estimate of drug-likeness (QED) is 0.339. The zero-order valence-electron chi connectivity index (χ0n) is 16.7. The fourth-order valence-corrected chi connectivity index (χ4v) is 3.15. The van der Waals surface area contributed by atoms with Gasteiger partial charge in [-0.15, -0.1) is 0 Å². The highest BCUT2D eigenvalue weighted by Gasteiger charge is 2.28. The molecule has 1 aliphatic heterocycles. The minimum Gasteiger partial charge on any atom is -0.497 e. The van der Waals surface area contributed by atoms with E-state index in [9.17, 15) is 9.59 Å². The summed E-state index contributed by atoms with van der Waals surface area (Å²) in [4.78, 5) is 25.0. The minimum absolute atomic E-state index is 0.199. The van der Waals surface area contributed by atoms with Gasteiger partial charge in [0.25, 0.3) is 0 Å². The Morgan fingerprint density at radius 1 is 1.00 bits per heavy atom. The summed E-state index contributed by atoms with van der Waals surface area (Å²) in [5.41, 5.74) is 2.91. The van der Waals surface area contributed by atoms with Crippen LogP contribution in [0.3, 0.4) is 0 Å². The van der Waals surface area contributed by atoms with Gasteiger partial charge in [-0.05, 0) is 54.0 Å². The van der Waals surface area contributed by atoms with Gasteiger partial charge in [0.2, 0.25) is 5.78 Å². The second kappa shape index (κ2) is 8.25. The van der Waals surface area contributed by atoms with Crippen molar-refractivity contribution in [1.82, 2.24) is 0 Å². The van der Waals surface area contributed by atoms with Gasteiger partial charge in [0.15, 0.2) is 5.76 Å². The van der Waals surface area contributed by atoms with Gasteiger partial charge in [-0.3, -0.25) is 4.79 Å². The van der Waals surface area contributed by atoms with Gasteiger partial charge in [-0.25, -0.2) is 4.79 Å². The van der Waals surface area contributed by atoms with Crippen molar-refractivity contribution in [2.75, 3.05) is 7.11 Å². The second-order valence-corrected chi connectivity index (χ2v) is 6.81. The van der Waals surface area contributed by atoms with Crippen molar-refractivity contribution in [3.8, 4) is 17.2 Å². The first-order valence-corrected chi connectivity index (χ1v) is 9.61. The number of carbonyl (C=O) groups is 2. The smallest absolute Gasteiger partial charge is 0.343 e. The van der Waals surface area contributed by atoms with Crippen molar-refractivity contribution in [1.29, 1.82) is 0 Å². The second-order valence-electron chi connectivity index (χ2n) is 6.81. The van der Waals surface area contributed by atoms with E-state index in [1.165, 1.54) is 12.7 Å². The molecule has 0 saturated heterocycles. The number of Topliss-reactive ketones (excluding diaryl/α,β-unsaturated/α-hetero) is 1. The van der Waals surface area contributed by atoms with Gasteiger partial charge < -0.3 is 14.2 Å². The van der Waals surface area contributed by atoms with Gasteiger partial charge in [0.1, 0.15) is 17.2 Å². The van der Waals surface area contributed by atoms with Gasteiger partial charge in [0.05, 0.1) is 18.2 Å². The Balaban J connectivity index is 1.52. The SMILES string of the molecule is CCc1ccc(C=C2Oc3cc(OC(=O)c4cccc(OC)c4)ccc3C2=O)cc1. The molecule has 0 N–H and O–H groups in total. The van der Waals surface area contributed by atoms with Crippen LogP contribution in [0.2, 0.25) is 0 Å². The topological polar surface area (TPSA) is 61.8 Å². The van der Waals surface area contributed by atoms with E-state index in [2.05, 4.69) is 6.92 Å². The molecule has 1 aliphatic rings. The number of fused-ring (bicyclic) bond motifs is 1. The van der Waals surface area contributed by atoms with Crippen molar-refractivity contribution in [3.63, 3.8) is 0 Å². The van der Waals surface area contributed by atoms with Crippen LogP contribution in [0.15, 0.2) is 72.5 Å². The maximum atomic E-state index is 12.6. The first-order chi connectivity index (χ1) is 14.6. The lowest BCUT2D eigenvalue weighted by molar-refractivity contribution is 0.0734. The Bertz CT molecular complexity index is 1140. The molecule has 0 unspecified atom stereocenters. The van der Waals surface area contributed by atoms with E-state index < -0.39 is 5.97 Å². The summed E-state index contributed by atoms with van der Waals surface area (Å²) >= 11 is 0. The Morgan fingerprint density at radius 3 is 2.53 bits per heavy atom. The van der Waals surface area contributed by atoms with Crippen molar-refractivity contribution in [3.05, 3.63) is 94.7 Å². The van der Waals surface area contributed by atoms with Crippen LogP contribution in [0.1, 0.15) is 38.8 Å². The molecule has 5 heteroatoms. The van der Waals surface area contributed by atoms with Crippen molar-refractivity contribution < 1.29 is 23.8 Å². The van der Waals surface area contributed by atoms with Gasteiger partial charge in [0, 0.05) is 6.07 Å². The normalized spacial score (nSPS) is 13.7. The number of aryl methyl sites for hydroxylation is 1. The van der Waals surface area contributed by atoms with E-state index >= 15 is 0 Å². The van der Waals surface area contributed by atoms with E-state index in [0.29, 0.717) is 28.4 Å².